The number of benzene rings is 1. The lowest BCUT2D eigenvalue weighted by Gasteiger charge is -2.35. The highest BCUT2D eigenvalue weighted by atomic mass is 19.1. The van der Waals surface area contributed by atoms with Gasteiger partial charge in [0, 0.05) is 17.2 Å². The molecule has 0 amide bonds. The van der Waals surface area contributed by atoms with E-state index in [0.717, 1.165) is 19.3 Å². The molecular formula is C17H23FO4. The van der Waals surface area contributed by atoms with Crippen LogP contribution in [-0.2, 0) is 10.2 Å². The van der Waals surface area contributed by atoms with Crippen LogP contribution in [0.5, 0.6) is 11.5 Å². The van der Waals surface area contributed by atoms with E-state index in [1.165, 1.54) is 21.1 Å². The smallest absolute Gasteiger partial charge is 0.314 e. The van der Waals surface area contributed by atoms with Crippen molar-refractivity contribution in [2.75, 3.05) is 14.2 Å². The van der Waals surface area contributed by atoms with Crippen molar-refractivity contribution < 1.29 is 23.8 Å². The van der Waals surface area contributed by atoms with Gasteiger partial charge in [-0.1, -0.05) is 19.3 Å². The Hall–Kier alpha value is -1.78. The molecule has 1 aliphatic rings. The Balaban J connectivity index is 2.65. The highest BCUT2D eigenvalue weighted by Crippen LogP contribution is 2.46. The number of ether oxygens (including phenoxy) is 2. The molecule has 2 rings (SSSR count). The normalized spacial score (nSPS) is 18.5. The SMILES string of the molecule is COc1cc(OC)c(C2(C(=O)O)CCCCC2)cc1C(C)F. The second kappa shape index (κ2) is 6.55. The second-order valence-corrected chi connectivity index (χ2v) is 5.86. The molecule has 1 atom stereocenters. The summed E-state index contributed by atoms with van der Waals surface area (Å²) in [6, 6.07) is 3.21. The van der Waals surface area contributed by atoms with Gasteiger partial charge >= 0.3 is 5.97 Å². The molecular weight excluding hydrogens is 287 g/mol. The van der Waals surface area contributed by atoms with Gasteiger partial charge in [-0.05, 0) is 25.8 Å². The van der Waals surface area contributed by atoms with Crippen molar-refractivity contribution in [2.24, 2.45) is 0 Å². The number of aliphatic carboxylic acids is 1. The average Bonchev–Trinajstić information content (AvgIpc) is 2.53. The highest BCUT2D eigenvalue weighted by molar-refractivity contribution is 5.83. The third-order valence-corrected chi connectivity index (χ3v) is 4.61. The average molecular weight is 310 g/mol. The molecule has 4 nitrogen and oxygen atoms in total. The number of carboxylic acid groups (broad SMARTS) is 1. The maximum atomic E-state index is 13.9. The summed E-state index contributed by atoms with van der Waals surface area (Å²) in [4.78, 5) is 12.0. The topological polar surface area (TPSA) is 55.8 Å². The predicted molar refractivity (Wildman–Crippen MR) is 81.5 cm³/mol. The van der Waals surface area contributed by atoms with Crippen LogP contribution in [0.1, 0.15) is 56.3 Å². The molecule has 0 heterocycles. The Labute approximate surface area is 130 Å². The predicted octanol–water partition coefficient (Wildman–Crippen LogP) is 4.02. The quantitative estimate of drug-likeness (QED) is 0.892. The van der Waals surface area contributed by atoms with E-state index >= 15 is 0 Å². The number of carboxylic acids is 1. The minimum atomic E-state index is -1.24. The van der Waals surface area contributed by atoms with Crippen molar-refractivity contribution in [3.63, 3.8) is 0 Å². The third kappa shape index (κ3) is 2.76. The van der Waals surface area contributed by atoms with Crippen LogP contribution in [0, 0.1) is 0 Å². The van der Waals surface area contributed by atoms with E-state index in [1.54, 1.807) is 12.1 Å². The first-order valence-electron chi connectivity index (χ1n) is 7.60. The van der Waals surface area contributed by atoms with E-state index < -0.39 is 17.6 Å². The van der Waals surface area contributed by atoms with Crippen molar-refractivity contribution in [1.29, 1.82) is 0 Å². The van der Waals surface area contributed by atoms with E-state index in [4.69, 9.17) is 9.47 Å². The van der Waals surface area contributed by atoms with Crippen LogP contribution < -0.4 is 9.47 Å². The summed E-state index contributed by atoms with van der Waals surface area (Å²) in [6.07, 6.45) is 2.58. The zero-order chi connectivity index (χ0) is 16.3. The van der Waals surface area contributed by atoms with Gasteiger partial charge in [0.15, 0.2) is 0 Å². The molecule has 22 heavy (non-hydrogen) atoms. The largest absolute Gasteiger partial charge is 0.496 e. The summed E-state index contributed by atoms with van der Waals surface area (Å²) in [5.74, 6) is -0.0365. The lowest BCUT2D eigenvalue weighted by Crippen LogP contribution is -2.38. The van der Waals surface area contributed by atoms with Crippen molar-refractivity contribution in [2.45, 2.75) is 50.6 Å². The van der Waals surface area contributed by atoms with Gasteiger partial charge in [-0.25, -0.2) is 4.39 Å². The number of hydrogen-bond donors (Lipinski definition) is 1. The number of rotatable bonds is 5. The Kier molecular flexibility index (Phi) is 4.94. The van der Waals surface area contributed by atoms with Gasteiger partial charge < -0.3 is 14.6 Å². The van der Waals surface area contributed by atoms with Crippen LogP contribution in [-0.4, -0.2) is 25.3 Å². The van der Waals surface area contributed by atoms with Crippen LogP contribution in [0.25, 0.3) is 0 Å². The molecule has 1 unspecified atom stereocenters. The second-order valence-electron chi connectivity index (χ2n) is 5.86. The first-order valence-corrected chi connectivity index (χ1v) is 7.60. The summed E-state index contributed by atoms with van der Waals surface area (Å²) in [5.41, 5.74) is -0.0773. The molecule has 5 heteroatoms. The monoisotopic (exact) mass is 310 g/mol. The van der Waals surface area contributed by atoms with E-state index in [-0.39, 0.29) is 0 Å². The molecule has 1 fully saturated rings. The zero-order valence-electron chi connectivity index (χ0n) is 13.3. The van der Waals surface area contributed by atoms with E-state index in [2.05, 4.69) is 0 Å². The number of hydrogen-bond acceptors (Lipinski definition) is 3. The first kappa shape index (κ1) is 16.6. The molecule has 122 valence electrons. The molecule has 0 aromatic heterocycles. The van der Waals surface area contributed by atoms with Crippen LogP contribution in [0.3, 0.4) is 0 Å². The Morgan fingerprint density at radius 3 is 2.23 bits per heavy atom. The van der Waals surface area contributed by atoms with Gasteiger partial charge in [0.1, 0.15) is 17.7 Å². The van der Waals surface area contributed by atoms with Crippen molar-refractivity contribution >= 4 is 5.97 Å². The summed E-state index contributed by atoms with van der Waals surface area (Å²) in [7, 11) is 2.96. The standard InChI is InChI=1S/C17H23FO4/c1-11(18)12-9-13(15(22-3)10-14(12)21-2)17(16(19)20)7-5-4-6-8-17/h9-11H,4-8H2,1-3H3,(H,19,20). The molecule has 1 saturated carbocycles. The van der Waals surface area contributed by atoms with Crippen molar-refractivity contribution in [3.05, 3.63) is 23.3 Å². The first-order chi connectivity index (χ1) is 10.5. The van der Waals surface area contributed by atoms with Crippen LogP contribution in [0.4, 0.5) is 4.39 Å². The molecule has 1 N–H and O–H groups in total. The molecule has 0 spiro atoms. The minimum Gasteiger partial charge on any atom is -0.496 e. The van der Waals surface area contributed by atoms with Gasteiger partial charge in [0.05, 0.1) is 19.6 Å². The maximum Gasteiger partial charge on any atom is 0.314 e. The maximum absolute atomic E-state index is 13.9. The van der Waals surface area contributed by atoms with E-state index in [9.17, 15) is 14.3 Å². The zero-order valence-corrected chi connectivity index (χ0v) is 13.3. The third-order valence-electron chi connectivity index (χ3n) is 4.61. The van der Waals surface area contributed by atoms with Crippen molar-refractivity contribution in [1.82, 2.24) is 0 Å². The van der Waals surface area contributed by atoms with Crippen LogP contribution >= 0.6 is 0 Å². The van der Waals surface area contributed by atoms with Gasteiger partial charge in [0.25, 0.3) is 0 Å². The van der Waals surface area contributed by atoms with Crippen LogP contribution in [0.15, 0.2) is 12.1 Å². The Morgan fingerprint density at radius 2 is 1.77 bits per heavy atom. The molecule has 1 aromatic carbocycles. The van der Waals surface area contributed by atoms with Crippen LogP contribution in [0.2, 0.25) is 0 Å². The van der Waals surface area contributed by atoms with Gasteiger partial charge in [-0.2, -0.15) is 0 Å². The van der Waals surface area contributed by atoms with Gasteiger partial charge in [0.2, 0.25) is 0 Å². The Bertz CT molecular complexity index is 548. The van der Waals surface area contributed by atoms with Gasteiger partial charge in [-0.15, -0.1) is 0 Å². The summed E-state index contributed by atoms with van der Waals surface area (Å²) in [6.45, 7) is 1.42. The lowest BCUT2D eigenvalue weighted by molar-refractivity contribution is -0.145. The highest BCUT2D eigenvalue weighted by Gasteiger charge is 2.44. The van der Waals surface area contributed by atoms with E-state index in [1.807, 2.05) is 0 Å². The number of methoxy groups -OCH3 is 2. The molecule has 1 aliphatic carbocycles. The lowest BCUT2D eigenvalue weighted by atomic mass is 9.68. The van der Waals surface area contributed by atoms with Gasteiger partial charge in [-0.3, -0.25) is 4.79 Å². The molecule has 0 aliphatic heterocycles. The fourth-order valence-electron chi connectivity index (χ4n) is 3.36. The molecule has 1 aromatic rings. The molecule has 0 radical (unpaired) electrons. The number of carbonyl (C=O) groups is 1. The number of alkyl halides is 1. The molecule has 0 bridgehead atoms. The Morgan fingerprint density at radius 1 is 1.18 bits per heavy atom. The summed E-state index contributed by atoms with van der Waals surface area (Å²) < 4.78 is 24.5. The summed E-state index contributed by atoms with van der Waals surface area (Å²) in [5, 5.41) is 9.84. The molecule has 0 saturated heterocycles. The minimum absolute atomic E-state index is 0.365. The fraction of sp³-hybridized carbons (Fsp3) is 0.588. The summed E-state index contributed by atoms with van der Waals surface area (Å²) >= 11 is 0. The van der Waals surface area contributed by atoms with Crippen molar-refractivity contribution in [3.8, 4) is 11.5 Å². The van der Waals surface area contributed by atoms with E-state index in [0.29, 0.717) is 35.5 Å². The fourth-order valence-corrected chi connectivity index (χ4v) is 3.36. The number of halogens is 1.